The van der Waals surface area contributed by atoms with E-state index in [0.29, 0.717) is 12.8 Å². The molecular formula is C15H14ClN3O5. The highest BCUT2D eigenvalue weighted by Gasteiger charge is 2.35. The summed E-state index contributed by atoms with van der Waals surface area (Å²) in [5, 5.41) is 22.5. The van der Waals surface area contributed by atoms with Gasteiger partial charge in [-0.15, -0.1) is 0 Å². The maximum Gasteiger partial charge on any atom is 0.340 e. The highest BCUT2D eigenvalue weighted by Crippen LogP contribution is 2.28. The molecule has 1 aliphatic rings. The summed E-state index contributed by atoms with van der Waals surface area (Å²) in [6.07, 6.45) is 2.80. The molecule has 0 aliphatic heterocycles. The minimum atomic E-state index is -0.948. The zero-order valence-electron chi connectivity index (χ0n) is 12.6. The Morgan fingerprint density at radius 2 is 2.08 bits per heavy atom. The summed E-state index contributed by atoms with van der Waals surface area (Å²) in [6.45, 7) is -0.596. The van der Waals surface area contributed by atoms with E-state index >= 15 is 0 Å². The van der Waals surface area contributed by atoms with Crippen LogP contribution in [0, 0.1) is 21.4 Å². The average molecular weight is 352 g/mol. The Morgan fingerprint density at radius 1 is 1.42 bits per heavy atom. The van der Waals surface area contributed by atoms with Crippen LogP contribution in [0.4, 0.5) is 5.69 Å². The topological polar surface area (TPSA) is 122 Å². The minimum absolute atomic E-state index is 0.0182. The van der Waals surface area contributed by atoms with Crippen LogP contribution in [0.25, 0.3) is 0 Å². The molecule has 0 radical (unpaired) electrons. The van der Waals surface area contributed by atoms with E-state index in [9.17, 15) is 25.0 Å². The van der Waals surface area contributed by atoms with Crippen molar-refractivity contribution in [1.82, 2.24) is 5.32 Å². The summed E-state index contributed by atoms with van der Waals surface area (Å²) in [5.74, 6) is -1.55. The van der Waals surface area contributed by atoms with Crippen LogP contribution in [0.5, 0.6) is 0 Å². The van der Waals surface area contributed by atoms with Crippen molar-refractivity contribution in [3.05, 3.63) is 38.9 Å². The van der Waals surface area contributed by atoms with E-state index in [1.165, 1.54) is 6.07 Å². The second kappa shape index (κ2) is 7.27. The molecule has 0 unspecified atom stereocenters. The quantitative estimate of drug-likeness (QED) is 0.493. The van der Waals surface area contributed by atoms with Crippen molar-refractivity contribution >= 4 is 29.2 Å². The van der Waals surface area contributed by atoms with Gasteiger partial charge in [0.25, 0.3) is 11.6 Å². The van der Waals surface area contributed by atoms with Gasteiger partial charge in [0.1, 0.15) is 5.54 Å². The number of ether oxygens (including phenoxy) is 1. The highest BCUT2D eigenvalue weighted by atomic mass is 35.5. The van der Waals surface area contributed by atoms with E-state index in [4.69, 9.17) is 16.3 Å². The van der Waals surface area contributed by atoms with E-state index in [0.717, 1.165) is 25.0 Å². The van der Waals surface area contributed by atoms with Gasteiger partial charge in [0, 0.05) is 12.1 Å². The molecule has 1 aromatic rings. The number of nitrogens with one attached hydrogen (secondary N) is 1. The first-order valence-corrected chi connectivity index (χ1v) is 7.58. The molecule has 2 rings (SSSR count). The number of non-ortho nitro benzene ring substituents is 1. The standard InChI is InChI=1S/C15H14ClN3O5/c16-12-4-3-10(19(22)23)7-11(12)14(21)24-8-13(20)18-15(9-17)5-1-2-6-15/h3-4,7H,1-2,5-6,8H2,(H,18,20). The Hall–Kier alpha value is -2.66. The molecule has 1 amide bonds. The number of carbonyl (C=O) groups is 2. The maximum absolute atomic E-state index is 12.0. The number of amides is 1. The predicted octanol–water partition coefficient (Wildman–Crippen LogP) is 2.36. The second-order valence-electron chi connectivity index (χ2n) is 5.45. The smallest absolute Gasteiger partial charge is 0.340 e. The van der Waals surface area contributed by atoms with Crippen LogP contribution < -0.4 is 5.32 Å². The summed E-state index contributed by atoms with van der Waals surface area (Å²) in [5.41, 5.74) is -1.42. The van der Waals surface area contributed by atoms with Crippen molar-refractivity contribution in [2.45, 2.75) is 31.2 Å². The van der Waals surface area contributed by atoms with Gasteiger partial charge in [0.05, 0.1) is 21.6 Å². The SMILES string of the molecule is N#CC1(NC(=O)COC(=O)c2cc([N+](=O)[O-])ccc2Cl)CCCC1. The van der Waals surface area contributed by atoms with Gasteiger partial charge in [-0.1, -0.05) is 11.6 Å². The zero-order chi connectivity index (χ0) is 17.7. The lowest BCUT2D eigenvalue weighted by atomic mass is 10.00. The van der Waals surface area contributed by atoms with Gasteiger partial charge in [-0.2, -0.15) is 5.26 Å². The molecule has 1 saturated carbocycles. The third kappa shape index (κ3) is 4.00. The van der Waals surface area contributed by atoms with Crippen LogP contribution in [0.1, 0.15) is 36.0 Å². The Kier molecular flexibility index (Phi) is 5.36. The first-order chi connectivity index (χ1) is 11.4. The summed E-state index contributed by atoms with van der Waals surface area (Å²) < 4.78 is 4.84. The number of carbonyl (C=O) groups excluding carboxylic acids is 2. The maximum atomic E-state index is 12.0. The van der Waals surface area contributed by atoms with Crippen molar-refractivity contribution in [2.75, 3.05) is 6.61 Å². The van der Waals surface area contributed by atoms with Crippen molar-refractivity contribution in [1.29, 1.82) is 5.26 Å². The molecule has 0 atom stereocenters. The fourth-order valence-corrected chi connectivity index (χ4v) is 2.73. The second-order valence-corrected chi connectivity index (χ2v) is 5.85. The lowest BCUT2D eigenvalue weighted by Crippen LogP contribution is -2.46. The third-order valence-corrected chi connectivity index (χ3v) is 4.09. The lowest BCUT2D eigenvalue weighted by molar-refractivity contribution is -0.384. The monoisotopic (exact) mass is 351 g/mol. The molecule has 9 heteroatoms. The van der Waals surface area contributed by atoms with Gasteiger partial charge in [0.15, 0.2) is 6.61 Å². The number of nitrogens with zero attached hydrogens (tertiary/aromatic N) is 2. The van der Waals surface area contributed by atoms with Gasteiger partial charge in [-0.3, -0.25) is 14.9 Å². The molecule has 0 spiro atoms. The van der Waals surface area contributed by atoms with Gasteiger partial charge >= 0.3 is 5.97 Å². The number of hydrogen-bond acceptors (Lipinski definition) is 6. The number of nitro benzene ring substituents is 1. The number of hydrogen-bond donors (Lipinski definition) is 1. The molecule has 24 heavy (non-hydrogen) atoms. The summed E-state index contributed by atoms with van der Waals surface area (Å²) in [7, 11) is 0. The Morgan fingerprint density at radius 3 is 2.67 bits per heavy atom. The first kappa shape index (κ1) is 17.7. The number of benzene rings is 1. The fourth-order valence-electron chi connectivity index (χ4n) is 2.54. The van der Waals surface area contributed by atoms with E-state index in [-0.39, 0.29) is 16.3 Å². The van der Waals surface area contributed by atoms with Crippen LogP contribution in [-0.2, 0) is 9.53 Å². The van der Waals surface area contributed by atoms with E-state index in [1.54, 1.807) is 0 Å². The molecule has 1 fully saturated rings. The molecule has 126 valence electrons. The average Bonchev–Trinajstić information content (AvgIpc) is 3.01. The van der Waals surface area contributed by atoms with Gasteiger partial charge in [-0.25, -0.2) is 4.79 Å². The number of nitro groups is 1. The predicted molar refractivity (Wildman–Crippen MR) is 83.3 cm³/mol. The van der Waals surface area contributed by atoms with Gasteiger partial charge in [-0.05, 0) is 31.7 Å². The van der Waals surface area contributed by atoms with Crippen LogP contribution >= 0.6 is 11.6 Å². The normalized spacial score (nSPS) is 15.3. The largest absolute Gasteiger partial charge is 0.452 e. The first-order valence-electron chi connectivity index (χ1n) is 7.20. The molecule has 0 saturated heterocycles. The molecular weight excluding hydrogens is 338 g/mol. The number of nitriles is 1. The molecule has 0 aromatic heterocycles. The van der Waals surface area contributed by atoms with E-state index in [2.05, 4.69) is 11.4 Å². The zero-order valence-corrected chi connectivity index (χ0v) is 13.3. The Labute approximate surface area is 142 Å². The van der Waals surface area contributed by atoms with Crippen molar-refractivity contribution in [3.63, 3.8) is 0 Å². The third-order valence-electron chi connectivity index (χ3n) is 3.76. The Bertz CT molecular complexity index is 722. The minimum Gasteiger partial charge on any atom is -0.452 e. The molecule has 0 heterocycles. The molecule has 0 bridgehead atoms. The summed E-state index contributed by atoms with van der Waals surface area (Å²) >= 11 is 5.83. The summed E-state index contributed by atoms with van der Waals surface area (Å²) in [4.78, 5) is 33.9. The van der Waals surface area contributed by atoms with Crippen LogP contribution in [-0.4, -0.2) is 28.9 Å². The van der Waals surface area contributed by atoms with Crippen molar-refractivity contribution in [3.8, 4) is 6.07 Å². The van der Waals surface area contributed by atoms with Crippen LogP contribution in [0.2, 0.25) is 5.02 Å². The summed E-state index contributed by atoms with van der Waals surface area (Å²) in [6, 6.07) is 5.43. The van der Waals surface area contributed by atoms with Gasteiger partial charge < -0.3 is 10.1 Å². The number of halogens is 1. The molecule has 1 N–H and O–H groups in total. The molecule has 8 nitrogen and oxygen atoms in total. The van der Waals surface area contributed by atoms with Gasteiger partial charge in [0.2, 0.25) is 0 Å². The van der Waals surface area contributed by atoms with E-state index in [1.807, 2.05) is 0 Å². The number of rotatable bonds is 5. The fraction of sp³-hybridized carbons (Fsp3) is 0.400. The lowest BCUT2D eigenvalue weighted by Gasteiger charge is -2.21. The molecule has 1 aliphatic carbocycles. The molecule has 1 aromatic carbocycles. The Balaban J connectivity index is 1.98. The van der Waals surface area contributed by atoms with Crippen molar-refractivity contribution < 1.29 is 19.2 Å². The highest BCUT2D eigenvalue weighted by molar-refractivity contribution is 6.33. The van der Waals surface area contributed by atoms with E-state index < -0.39 is 28.9 Å². The van der Waals surface area contributed by atoms with Crippen LogP contribution in [0.3, 0.4) is 0 Å². The van der Waals surface area contributed by atoms with Crippen LogP contribution in [0.15, 0.2) is 18.2 Å². The van der Waals surface area contributed by atoms with Crippen molar-refractivity contribution in [2.24, 2.45) is 0 Å². The number of esters is 1.